The highest BCUT2D eigenvalue weighted by molar-refractivity contribution is 6.10. The molecule has 1 unspecified atom stereocenters. The number of hydrogen-bond donors (Lipinski definition) is 0. The standard InChI is InChI=1S/C19H18O2/c1-3-15-9-11-16(12-10-15)13-18(14(2)20)19(21)17-7-5-4-6-8-17/h3-12,18H,1,13H2,2H3. The van der Waals surface area contributed by atoms with E-state index in [4.69, 9.17) is 0 Å². The molecule has 0 saturated heterocycles. The van der Waals surface area contributed by atoms with Gasteiger partial charge in [-0.05, 0) is 24.5 Å². The molecular formula is C19H18O2. The van der Waals surface area contributed by atoms with Gasteiger partial charge in [0.1, 0.15) is 5.78 Å². The van der Waals surface area contributed by atoms with E-state index in [9.17, 15) is 9.59 Å². The van der Waals surface area contributed by atoms with E-state index >= 15 is 0 Å². The molecule has 0 heterocycles. The fourth-order valence-electron chi connectivity index (χ4n) is 2.25. The Morgan fingerprint density at radius 1 is 1.05 bits per heavy atom. The average molecular weight is 278 g/mol. The Hall–Kier alpha value is -2.48. The van der Waals surface area contributed by atoms with Gasteiger partial charge in [-0.25, -0.2) is 0 Å². The Bertz CT molecular complexity index is 639. The van der Waals surface area contributed by atoms with Gasteiger partial charge in [-0.1, -0.05) is 67.3 Å². The molecule has 21 heavy (non-hydrogen) atoms. The van der Waals surface area contributed by atoms with Crippen LogP contribution in [0.5, 0.6) is 0 Å². The van der Waals surface area contributed by atoms with Crippen molar-refractivity contribution < 1.29 is 9.59 Å². The lowest BCUT2D eigenvalue weighted by Crippen LogP contribution is -2.24. The van der Waals surface area contributed by atoms with Crippen molar-refractivity contribution in [1.29, 1.82) is 0 Å². The second-order valence-corrected chi connectivity index (χ2v) is 5.04. The summed E-state index contributed by atoms with van der Waals surface area (Å²) in [5.41, 5.74) is 2.58. The minimum atomic E-state index is -0.623. The van der Waals surface area contributed by atoms with Crippen molar-refractivity contribution in [2.75, 3.05) is 0 Å². The van der Waals surface area contributed by atoms with Crippen LogP contribution in [-0.4, -0.2) is 11.6 Å². The van der Waals surface area contributed by atoms with Gasteiger partial charge in [-0.2, -0.15) is 0 Å². The number of carbonyl (C=O) groups is 2. The third-order valence-electron chi connectivity index (χ3n) is 3.52. The van der Waals surface area contributed by atoms with Gasteiger partial charge < -0.3 is 0 Å². The summed E-state index contributed by atoms with van der Waals surface area (Å²) in [5.74, 6) is -0.838. The Morgan fingerprint density at radius 3 is 2.19 bits per heavy atom. The zero-order valence-electron chi connectivity index (χ0n) is 12.1. The van der Waals surface area contributed by atoms with Gasteiger partial charge in [0.2, 0.25) is 0 Å². The maximum absolute atomic E-state index is 12.5. The molecule has 2 aromatic carbocycles. The molecule has 0 spiro atoms. The summed E-state index contributed by atoms with van der Waals surface area (Å²) in [6, 6.07) is 16.7. The zero-order valence-corrected chi connectivity index (χ0v) is 12.1. The van der Waals surface area contributed by atoms with Gasteiger partial charge in [0, 0.05) is 5.56 Å². The molecule has 2 nitrogen and oxygen atoms in total. The smallest absolute Gasteiger partial charge is 0.173 e. The van der Waals surface area contributed by atoms with Gasteiger partial charge in [0.05, 0.1) is 5.92 Å². The molecule has 0 aliphatic carbocycles. The number of hydrogen-bond acceptors (Lipinski definition) is 2. The number of Topliss-reactive ketones (excluding diaryl/α,β-unsaturated/α-hetero) is 2. The highest BCUT2D eigenvalue weighted by Crippen LogP contribution is 2.17. The predicted octanol–water partition coefficient (Wildman–Crippen LogP) is 3.96. The van der Waals surface area contributed by atoms with E-state index < -0.39 is 5.92 Å². The lowest BCUT2D eigenvalue weighted by molar-refractivity contribution is -0.119. The highest BCUT2D eigenvalue weighted by Gasteiger charge is 2.24. The molecule has 0 saturated carbocycles. The third kappa shape index (κ3) is 3.76. The van der Waals surface area contributed by atoms with Gasteiger partial charge in [-0.3, -0.25) is 9.59 Å². The SMILES string of the molecule is C=Cc1ccc(CC(C(C)=O)C(=O)c2ccccc2)cc1. The van der Waals surface area contributed by atoms with Crippen molar-refractivity contribution in [1.82, 2.24) is 0 Å². The van der Waals surface area contributed by atoms with Crippen LogP contribution in [0, 0.1) is 5.92 Å². The van der Waals surface area contributed by atoms with Crippen molar-refractivity contribution in [3.63, 3.8) is 0 Å². The van der Waals surface area contributed by atoms with Crippen LogP contribution in [0.4, 0.5) is 0 Å². The molecule has 0 aliphatic rings. The van der Waals surface area contributed by atoms with Crippen molar-refractivity contribution in [3.8, 4) is 0 Å². The first-order chi connectivity index (χ1) is 10.1. The largest absolute Gasteiger partial charge is 0.299 e. The molecule has 0 fully saturated rings. The van der Waals surface area contributed by atoms with Crippen LogP contribution in [0.2, 0.25) is 0 Å². The van der Waals surface area contributed by atoms with Crippen LogP contribution in [0.15, 0.2) is 61.2 Å². The predicted molar refractivity (Wildman–Crippen MR) is 85.2 cm³/mol. The number of ketones is 2. The van der Waals surface area contributed by atoms with Gasteiger partial charge in [0.25, 0.3) is 0 Å². The van der Waals surface area contributed by atoms with Crippen LogP contribution in [0.3, 0.4) is 0 Å². The van der Waals surface area contributed by atoms with Gasteiger partial charge >= 0.3 is 0 Å². The first kappa shape index (κ1) is 14.9. The number of rotatable bonds is 6. The first-order valence-electron chi connectivity index (χ1n) is 6.93. The quantitative estimate of drug-likeness (QED) is 0.592. The second kappa shape index (κ2) is 6.80. The average Bonchev–Trinajstić information content (AvgIpc) is 2.53. The van der Waals surface area contributed by atoms with Crippen LogP contribution >= 0.6 is 0 Å². The van der Waals surface area contributed by atoms with Gasteiger partial charge in [0.15, 0.2) is 5.78 Å². The maximum Gasteiger partial charge on any atom is 0.173 e. The van der Waals surface area contributed by atoms with Crippen molar-refractivity contribution in [2.45, 2.75) is 13.3 Å². The fraction of sp³-hybridized carbons (Fsp3) is 0.158. The van der Waals surface area contributed by atoms with E-state index in [-0.39, 0.29) is 11.6 Å². The van der Waals surface area contributed by atoms with Crippen LogP contribution < -0.4 is 0 Å². The van der Waals surface area contributed by atoms with Gasteiger partial charge in [-0.15, -0.1) is 0 Å². The normalized spacial score (nSPS) is 11.7. The topological polar surface area (TPSA) is 34.1 Å². The molecule has 0 radical (unpaired) electrons. The van der Waals surface area contributed by atoms with E-state index in [2.05, 4.69) is 6.58 Å². The third-order valence-corrected chi connectivity index (χ3v) is 3.52. The summed E-state index contributed by atoms with van der Waals surface area (Å²) in [7, 11) is 0. The molecule has 2 rings (SSSR count). The zero-order chi connectivity index (χ0) is 15.2. The molecule has 2 aromatic rings. The highest BCUT2D eigenvalue weighted by atomic mass is 16.1. The summed E-state index contributed by atoms with van der Waals surface area (Å²) in [4.78, 5) is 24.3. The molecule has 0 N–H and O–H groups in total. The lowest BCUT2D eigenvalue weighted by Gasteiger charge is -2.13. The fourth-order valence-corrected chi connectivity index (χ4v) is 2.25. The molecule has 0 aliphatic heterocycles. The summed E-state index contributed by atoms with van der Waals surface area (Å²) in [6.45, 7) is 5.19. The first-order valence-corrected chi connectivity index (χ1v) is 6.93. The minimum Gasteiger partial charge on any atom is -0.299 e. The molecule has 106 valence electrons. The molecule has 0 amide bonds. The minimum absolute atomic E-state index is 0.100. The number of carbonyl (C=O) groups excluding carboxylic acids is 2. The molecule has 1 atom stereocenters. The summed E-state index contributed by atoms with van der Waals surface area (Å²) in [5, 5.41) is 0. The van der Waals surface area contributed by atoms with Crippen LogP contribution in [0.1, 0.15) is 28.4 Å². The van der Waals surface area contributed by atoms with Crippen molar-refractivity contribution in [2.24, 2.45) is 5.92 Å². The van der Waals surface area contributed by atoms with Crippen molar-refractivity contribution in [3.05, 3.63) is 77.9 Å². The summed E-state index contributed by atoms with van der Waals surface area (Å²) >= 11 is 0. The molecular weight excluding hydrogens is 260 g/mol. The Balaban J connectivity index is 2.21. The van der Waals surface area contributed by atoms with E-state index in [0.717, 1.165) is 11.1 Å². The Labute approximate surface area is 125 Å². The summed E-state index contributed by atoms with van der Waals surface area (Å²) < 4.78 is 0. The molecule has 0 bridgehead atoms. The van der Waals surface area contributed by atoms with E-state index in [0.29, 0.717) is 12.0 Å². The monoisotopic (exact) mass is 278 g/mol. The summed E-state index contributed by atoms with van der Waals surface area (Å²) in [6.07, 6.45) is 2.20. The van der Waals surface area contributed by atoms with E-state index in [1.807, 2.05) is 42.5 Å². The van der Waals surface area contributed by atoms with Crippen LogP contribution in [0.25, 0.3) is 6.08 Å². The number of benzene rings is 2. The Morgan fingerprint density at radius 2 is 1.67 bits per heavy atom. The molecule has 2 heteroatoms. The van der Waals surface area contributed by atoms with E-state index in [1.165, 1.54) is 6.92 Å². The lowest BCUT2D eigenvalue weighted by atomic mass is 9.88. The maximum atomic E-state index is 12.5. The van der Waals surface area contributed by atoms with E-state index in [1.54, 1.807) is 18.2 Å². The Kier molecular flexibility index (Phi) is 4.83. The molecule has 0 aromatic heterocycles. The second-order valence-electron chi connectivity index (χ2n) is 5.04. The van der Waals surface area contributed by atoms with Crippen LogP contribution in [-0.2, 0) is 11.2 Å². The van der Waals surface area contributed by atoms with Crippen molar-refractivity contribution >= 4 is 17.6 Å².